The monoisotopic (exact) mass is 261 g/mol. The van der Waals surface area contributed by atoms with E-state index in [1.54, 1.807) is 0 Å². The quantitative estimate of drug-likeness (QED) is 0.902. The maximum atomic E-state index is 6.07. The number of likely N-dealkylation sites (N-methyl/N-ethyl adjacent to an activating group) is 1. The first kappa shape index (κ1) is 14.5. The summed E-state index contributed by atoms with van der Waals surface area (Å²) in [6.07, 6.45) is 0. The minimum atomic E-state index is 0.358. The lowest BCUT2D eigenvalue weighted by atomic mass is 9.97. The van der Waals surface area contributed by atoms with Crippen LogP contribution in [0.3, 0.4) is 0 Å². The van der Waals surface area contributed by atoms with E-state index in [2.05, 4.69) is 55.8 Å². The maximum absolute atomic E-state index is 6.07. The Hall–Kier alpha value is -0.900. The van der Waals surface area contributed by atoms with Gasteiger partial charge in [-0.2, -0.15) is 0 Å². The van der Waals surface area contributed by atoms with Crippen LogP contribution in [0, 0.1) is 13.8 Å². The molecule has 1 aromatic carbocycles. The lowest BCUT2D eigenvalue weighted by Crippen LogP contribution is -2.52. The van der Waals surface area contributed by atoms with Gasteiger partial charge in [-0.25, -0.2) is 0 Å². The third kappa shape index (κ3) is 3.16. The zero-order chi connectivity index (χ0) is 14.0. The molecule has 3 nitrogen and oxygen atoms in total. The Morgan fingerprint density at radius 2 is 2.05 bits per heavy atom. The molecule has 2 atom stereocenters. The van der Waals surface area contributed by atoms with E-state index in [-0.39, 0.29) is 0 Å². The van der Waals surface area contributed by atoms with Gasteiger partial charge in [0.1, 0.15) is 0 Å². The lowest BCUT2D eigenvalue weighted by molar-refractivity contribution is 0.0739. The number of nitrogens with zero attached hydrogens (tertiary/aromatic N) is 2. The standard InChI is InChI=1S/C16H27N3/c1-12-5-6-15(13(2)9-12)16(10-17)19-8-7-18(4)14(3)11-19/h5-6,9,14,16H,7-8,10-11,17H2,1-4H3. The van der Waals surface area contributed by atoms with Crippen molar-refractivity contribution in [2.45, 2.75) is 32.9 Å². The van der Waals surface area contributed by atoms with Crippen molar-refractivity contribution in [3.05, 3.63) is 34.9 Å². The topological polar surface area (TPSA) is 32.5 Å². The summed E-state index contributed by atoms with van der Waals surface area (Å²) in [6.45, 7) is 10.7. The molecule has 2 N–H and O–H groups in total. The SMILES string of the molecule is Cc1ccc(C(CN)N2CCN(C)C(C)C2)c(C)c1. The predicted molar refractivity (Wildman–Crippen MR) is 81.4 cm³/mol. The van der Waals surface area contributed by atoms with Gasteiger partial charge in [0.05, 0.1) is 0 Å². The Kier molecular flexibility index (Phi) is 4.61. The summed E-state index contributed by atoms with van der Waals surface area (Å²) in [5.41, 5.74) is 10.1. The zero-order valence-corrected chi connectivity index (χ0v) is 12.7. The second-order valence-corrected chi connectivity index (χ2v) is 5.94. The molecule has 1 aromatic rings. The van der Waals surface area contributed by atoms with Gasteiger partial charge in [-0.3, -0.25) is 4.90 Å². The summed E-state index contributed by atoms with van der Waals surface area (Å²) < 4.78 is 0. The zero-order valence-electron chi connectivity index (χ0n) is 12.7. The molecule has 106 valence electrons. The molecule has 1 aliphatic rings. The van der Waals surface area contributed by atoms with Crippen molar-refractivity contribution >= 4 is 0 Å². The third-order valence-electron chi connectivity index (χ3n) is 4.44. The third-order valence-corrected chi connectivity index (χ3v) is 4.44. The highest BCUT2D eigenvalue weighted by molar-refractivity contribution is 5.33. The second-order valence-electron chi connectivity index (χ2n) is 5.94. The van der Waals surface area contributed by atoms with Crippen LogP contribution in [0.5, 0.6) is 0 Å². The molecule has 0 amide bonds. The molecular formula is C16H27N3. The molecule has 0 radical (unpaired) electrons. The minimum absolute atomic E-state index is 0.358. The Labute approximate surface area is 117 Å². The fraction of sp³-hybridized carbons (Fsp3) is 0.625. The summed E-state index contributed by atoms with van der Waals surface area (Å²) >= 11 is 0. The van der Waals surface area contributed by atoms with Crippen molar-refractivity contribution in [1.29, 1.82) is 0 Å². The molecule has 3 heteroatoms. The number of hydrogen-bond donors (Lipinski definition) is 1. The first-order chi connectivity index (χ1) is 9.02. The molecule has 0 saturated carbocycles. The highest BCUT2D eigenvalue weighted by atomic mass is 15.3. The van der Waals surface area contributed by atoms with Crippen molar-refractivity contribution in [1.82, 2.24) is 9.80 Å². The number of nitrogens with two attached hydrogens (primary N) is 1. The Morgan fingerprint density at radius 1 is 1.32 bits per heavy atom. The number of benzene rings is 1. The van der Waals surface area contributed by atoms with Gasteiger partial charge in [0.25, 0.3) is 0 Å². The summed E-state index contributed by atoms with van der Waals surface area (Å²) in [5, 5.41) is 0. The van der Waals surface area contributed by atoms with Crippen LogP contribution in [-0.2, 0) is 0 Å². The Balaban J connectivity index is 2.20. The van der Waals surface area contributed by atoms with Gasteiger partial charge in [-0.05, 0) is 38.9 Å². The Morgan fingerprint density at radius 3 is 2.63 bits per heavy atom. The first-order valence-corrected chi connectivity index (χ1v) is 7.24. The van der Waals surface area contributed by atoms with Crippen molar-refractivity contribution in [3.63, 3.8) is 0 Å². The van der Waals surface area contributed by atoms with E-state index in [0.29, 0.717) is 18.6 Å². The van der Waals surface area contributed by atoms with E-state index in [1.165, 1.54) is 16.7 Å². The predicted octanol–water partition coefficient (Wildman–Crippen LogP) is 1.94. The number of piperazine rings is 1. The molecule has 19 heavy (non-hydrogen) atoms. The van der Waals surface area contributed by atoms with Crippen LogP contribution in [0.15, 0.2) is 18.2 Å². The van der Waals surface area contributed by atoms with E-state index in [9.17, 15) is 0 Å². The molecule has 0 aromatic heterocycles. The average Bonchev–Trinajstić information content (AvgIpc) is 2.37. The van der Waals surface area contributed by atoms with Gasteiger partial charge < -0.3 is 10.6 Å². The van der Waals surface area contributed by atoms with E-state index in [4.69, 9.17) is 5.73 Å². The van der Waals surface area contributed by atoms with Crippen LogP contribution in [0.25, 0.3) is 0 Å². The molecule has 1 heterocycles. The molecule has 1 fully saturated rings. The van der Waals surface area contributed by atoms with Gasteiger partial charge in [0.15, 0.2) is 0 Å². The normalized spacial score (nSPS) is 23.5. The fourth-order valence-electron chi connectivity index (χ4n) is 3.03. The van der Waals surface area contributed by atoms with Gasteiger partial charge >= 0.3 is 0 Å². The molecule has 2 unspecified atom stereocenters. The molecule has 0 aliphatic carbocycles. The molecule has 2 rings (SSSR count). The number of aryl methyl sites for hydroxylation is 2. The van der Waals surface area contributed by atoms with Crippen LogP contribution in [-0.4, -0.2) is 49.1 Å². The average molecular weight is 261 g/mol. The minimum Gasteiger partial charge on any atom is -0.329 e. The smallest absolute Gasteiger partial charge is 0.0474 e. The van der Waals surface area contributed by atoms with E-state index in [1.807, 2.05) is 0 Å². The van der Waals surface area contributed by atoms with Crippen LogP contribution >= 0.6 is 0 Å². The van der Waals surface area contributed by atoms with Crippen molar-refractivity contribution in [3.8, 4) is 0 Å². The summed E-state index contributed by atoms with van der Waals surface area (Å²) in [6, 6.07) is 7.68. The molecule has 1 aliphatic heterocycles. The van der Waals surface area contributed by atoms with Gasteiger partial charge in [0, 0.05) is 38.3 Å². The van der Waals surface area contributed by atoms with Crippen LogP contribution in [0.4, 0.5) is 0 Å². The largest absolute Gasteiger partial charge is 0.329 e. The molecule has 0 bridgehead atoms. The van der Waals surface area contributed by atoms with E-state index < -0.39 is 0 Å². The van der Waals surface area contributed by atoms with Gasteiger partial charge in [0.2, 0.25) is 0 Å². The lowest BCUT2D eigenvalue weighted by Gasteiger charge is -2.42. The number of rotatable bonds is 3. The molecule has 1 saturated heterocycles. The maximum Gasteiger partial charge on any atom is 0.0474 e. The molecular weight excluding hydrogens is 234 g/mol. The highest BCUT2D eigenvalue weighted by Gasteiger charge is 2.27. The summed E-state index contributed by atoms with van der Waals surface area (Å²) in [5.74, 6) is 0. The van der Waals surface area contributed by atoms with Crippen LogP contribution in [0.2, 0.25) is 0 Å². The summed E-state index contributed by atoms with van der Waals surface area (Å²) in [4.78, 5) is 4.97. The van der Waals surface area contributed by atoms with Crippen LogP contribution < -0.4 is 5.73 Å². The van der Waals surface area contributed by atoms with Gasteiger partial charge in [-0.1, -0.05) is 23.8 Å². The highest BCUT2D eigenvalue weighted by Crippen LogP contribution is 2.26. The van der Waals surface area contributed by atoms with E-state index in [0.717, 1.165) is 19.6 Å². The van der Waals surface area contributed by atoms with E-state index >= 15 is 0 Å². The van der Waals surface area contributed by atoms with Crippen LogP contribution in [0.1, 0.15) is 29.7 Å². The second kappa shape index (κ2) is 6.04. The summed E-state index contributed by atoms with van der Waals surface area (Å²) in [7, 11) is 2.20. The number of hydrogen-bond acceptors (Lipinski definition) is 3. The first-order valence-electron chi connectivity index (χ1n) is 7.24. The Bertz CT molecular complexity index is 430. The van der Waals surface area contributed by atoms with Gasteiger partial charge in [-0.15, -0.1) is 0 Å². The van der Waals surface area contributed by atoms with Crippen molar-refractivity contribution in [2.75, 3.05) is 33.2 Å². The molecule has 0 spiro atoms. The van der Waals surface area contributed by atoms with Crippen molar-refractivity contribution in [2.24, 2.45) is 5.73 Å². The van der Waals surface area contributed by atoms with Crippen molar-refractivity contribution < 1.29 is 0 Å². The fourth-order valence-corrected chi connectivity index (χ4v) is 3.03.